The van der Waals surface area contributed by atoms with Gasteiger partial charge >= 0.3 is 0 Å². The number of carbonyl (C=O) groups is 1. The minimum Gasteiger partial charge on any atom is -0.370 e. The van der Waals surface area contributed by atoms with Gasteiger partial charge in [0.25, 0.3) is 0 Å². The summed E-state index contributed by atoms with van der Waals surface area (Å²) in [6.45, 7) is 1.48. The first-order valence-corrected chi connectivity index (χ1v) is 11.7. The number of amides is 1. The van der Waals surface area contributed by atoms with E-state index in [4.69, 9.17) is 4.98 Å². The number of aromatic nitrogens is 2. The second-order valence-corrected chi connectivity index (χ2v) is 8.49. The van der Waals surface area contributed by atoms with Crippen LogP contribution in [-0.2, 0) is 10.1 Å². The molecule has 4 rings (SSSR count). The molecule has 2 saturated carbocycles. The Morgan fingerprint density at radius 1 is 1.17 bits per heavy atom. The van der Waals surface area contributed by atoms with Gasteiger partial charge in [0.2, 0.25) is 11.9 Å². The summed E-state index contributed by atoms with van der Waals surface area (Å²) >= 11 is 3.49. The zero-order valence-electron chi connectivity index (χ0n) is 16.6. The zero-order valence-corrected chi connectivity index (χ0v) is 18.2. The fraction of sp³-hybridized carbons (Fsp3) is 0.500. The van der Waals surface area contributed by atoms with Gasteiger partial charge in [0.05, 0.1) is 0 Å². The molecule has 7 heteroatoms. The lowest BCUT2D eigenvalue weighted by Crippen LogP contribution is -2.35. The van der Waals surface area contributed by atoms with Gasteiger partial charge in [0.1, 0.15) is 5.82 Å². The van der Waals surface area contributed by atoms with Crippen molar-refractivity contribution in [3.63, 3.8) is 0 Å². The molecule has 154 valence electrons. The number of nitrogens with zero attached hydrogens (tertiary/aromatic N) is 2. The molecule has 0 aliphatic heterocycles. The number of nitrogens with one attached hydrogen (secondary N) is 3. The monoisotopic (exact) mass is 457 g/mol. The average Bonchev–Trinajstić information content (AvgIpc) is 3.52. The molecule has 2 aliphatic carbocycles. The van der Waals surface area contributed by atoms with Gasteiger partial charge in [-0.3, -0.25) is 4.79 Å². The lowest BCUT2D eigenvalue weighted by Gasteiger charge is -2.24. The summed E-state index contributed by atoms with van der Waals surface area (Å²) in [5, 5.41) is 10.6. The van der Waals surface area contributed by atoms with Gasteiger partial charge in [0.15, 0.2) is 0 Å². The van der Waals surface area contributed by atoms with Gasteiger partial charge in [-0.25, -0.2) is 4.98 Å². The number of carbonyl (C=O) groups excluding carboxylic acids is 1. The van der Waals surface area contributed by atoms with Gasteiger partial charge in [-0.1, -0.05) is 34.5 Å². The van der Waals surface area contributed by atoms with Gasteiger partial charge in [-0.05, 0) is 55.7 Å². The molecule has 1 heterocycles. The van der Waals surface area contributed by atoms with Gasteiger partial charge in [-0.2, -0.15) is 4.98 Å². The van der Waals surface area contributed by atoms with Crippen molar-refractivity contribution in [3.8, 4) is 0 Å². The molecule has 29 heavy (non-hydrogen) atoms. The van der Waals surface area contributed by atoms with E-state index in [1.807, 2.05) is 18.3 Å². The van der Waals surface area contributed by atoms with E-state index in [2.05, 4.69) is 49.0 Å². The summed E-state index contributed by atoms with van der Waals surface area (Å²) in [6.07, 6.45) is 8.51. The highest BCUT2D eigenvalue weighted by Gasteiger charge is 2.28. The summed E-state index contributed by atoms with van der Waals surface area (Å²) < 4.78 is 0. The van der Waals surface area contributed by atoms with Crippen molar-refractivity contribution in [1.29, 1.82) is 0 Å². The highest BCUT2D eigenvalue weighted by Crippen LogP contribution is 2.42. The summed E-state index contributed by atoms with van der Waals surface area (Å²) in [7, 11) is 0. The predicted octanol–water partition coefficient (Wildman–Crippen LogP) is 4.71. The SMILES string of the molecule is O=C(NCCCNc1nc(Nc2cccc(CBr)c2)ncc1C1CC1)C1CCC1. The van der Waals surface area contributed by atoms with Crippen molar-refractivity contribution >= 4 is 39.3 Å². The molecule has 2 aliphatic rings. The first-order chi connectivity index (χ1) is 14.2. The number of halogens is 1. The van der Waals surface area contributed by atoms with Crippen molar-refractivity contribution in [3.05, 3.63) is 41.6 Å². The Kier molecular flexibility index (Phi) is 6.64. The lowest BCUT2D eigenvalue weighted by molar-refractivity contribution is -0.127. The van der Waals surface area contributed by atoms with Crippen LogP contribution in [0.5, 0.6) is 0 Å². The van der Waals surface area contributed by atoms with Crippen LogP contribution in [0.15, 0.2) is 30.5 Å². The van der Waals surface area contributed by atoms with Crippen LogP contribution in [0.1, 0.15) is 55.6 Å². The number of anilines is 3. The van der Waals surface area contributed by atoms with Crippen molar-refractivity contribution in [2.75, 3.05) is 23.7 Å². The van der Waals surface area contributed by atoms with Crippen molar-refractivity contribution in [1.82, 2.24) is 15.3 Å². The van der Waals surface area contributed by atoms with E-state index < -0.39 is 0 Å². The number of hydrogen-bond donors (Lipinski definition) is 3. The second kappa shape index (κ2) is 9.57. The fourth-order valence-corrected chi connectivity index (χ4v) is 3.82. The molecular formula is C22H28BrN5O. The van der Waals surface area contributed by atoms with Crippen LogP contribution >= 0.6 is 15.9 Å². The molecule has 0 saturated heterocycles. The largest absolute Gasteiger partial charge is 0.370 e. The summed E-state index contributed by atoms with van der Waals surface area (Å²) in [5.74, 6) is 2.55. The maximum absolute atomic E-state index is 11.9. The van der Waals surface area contributed by atoms with Crippen LogP contribution in [0.2, 0.25) is 0 Å². The van der Waals surface area contributed by atoms with Crippen LogP contribution in [0.4, 0.5) is 17.5 Å². The van der Waals surface area contributed by atoms with Crippen LogP contribution in [0.3, 0.4) is 0 Å². The third kappa shape index (κ3) is 5.47. The highest BCUT2D eigenvalue weighted by molar-refractivity contribution is 9.08. The number of alkyl halides is 1. The molecule has 0 unspecified atom stereocenters. The van der Waals surface area contributed by atoms with Crippen molar-refractivity contribution < 1.29 is 4.79 Å². The topological polar surface area (TPSA) is 78.9 Å². The quantitative estimate of drug-likeness (QED) is 0.355. The van der Waals surface area contributed by atoms with Gasteiger partial charge in [0, 0.05) is 41.8 Å². The third-order valence-corrected chi connectivity index (χ3v) is 6.24. The Bertz CT molecular complexity index is 851. The molecule has 0 spiro atoms. The molecular weight excluding hydrogens is 430 g/mol. The maximum Gasteiger partial charge on any atom is 0.229 e. The normalized spacial score (nSPS) is 16.2. The predicted molar refractivity (Wildman–Crippen MR) is 120 cm³/mol. The van der Waals surface area contributed by atoms with E-state index in [1.54, 1.807) is 0 Å². The molecule has 0 bridgehead atoms. The van der Waals surface area contributed by atoms with Crippen LogP contribution in [0, 0.1) is 5.92 Å². The van der Waals surface area contributed by atoms with E-state index in [-0.39, 0.29) is 11.8 Å². The van der Waals surface area contributed by atoms with E-state index in [1.165, 1.54) is 30.4 Å². The van der Waals surface area contributed by atoms with Crippen LogP contribution in [-0.4, -0.2) is 29.0 Å². The van der Waals surface area contributed by atoms with E-state index in [0.29, 0.717) is 18.4 Å². The average molecular weight is 458 g/mol. The Labute approximate surface area is 180 Å². The molecule has 1 aromatic carbocycles. The Balaban J connectivity index is 1.33. The first-order valence-electron chi connectivity index (χ1n) is 10.5. The van der Waals surface area contributed by atoms with Crippen LogP contribution in [0.25, 0.3) is 0 Å². The van der Waals surface area contributed by atoms with Crippen molar-refractivity contribution in [2.24, 2.45) is 5.92 Å². The highest BCUT2D eigenvalue weighted by atomic mass is 79.9. The standard InChI is InChI=1S/C22H28BrN5O/c23-13-15-4-1-7-18(12-15)27-22-26-14-19(16-8-9-16)20(28-22)24-10-3-11-25-21(29)17-5-2-6-17/h1,4,7,12,14,16-17H,2-3,5-6,8-11,13H2,(H,25,29)(H2,24,26,27,28). The molecule has 2 fully saturated rings. The maximum atomic E-state index is 11.9. The first kappa shape index (κ1) is 20.1. The Hall–Kier alpha value is -2.15. The number of hydrogen-bond acceptors (Lipinski definition) is 5. The molecule has 2 aromatic rings. The smallest absolute Gasteiger partial charge is 0.229 e. The van der Waals surface area contributed by atoms with Crippen LogP contribution < -0.4 is 16.0 Å². The molecule has 0 atom stereocenters. The van der Waals surface area contributed by atoms with E-state index >= 15 is 0 Å². The summed E-state index contributed by atoms with van der Waals surface area (Å²) in [4.78, 5) is 21.2. The molecule has 1 amide bonds. The summed E-state index contributed by atoms with van der Waals surface area (Å²) in [6, 6.07) is 8.20. The van der Waals surface area contributed by atoms with Gasteiger partial charge in [-0.15, -0.1) is 0 Å². The van der Waals surface area contributed by atoms with Crippen molar-refractivity contribution in [2.45, 2.75) is 49.8 Å². The number of benzene rings is 1. The third-order valence-electron chi connectivity index (χ3n) is 5.59. The Morgan fingerprint density at radius 2 is 2.03 bits per heavy atom. The van der Waals surface area contributed by atoms with Gasteiger partial charge < -0.3 is 16.0 Å². The zero-order chi connectivity index (χ0) is 20.1. The molecule has 3 N–H and O–H groups in total. The molecule has 0 radical (unpaired) electrons. The number of rotatable bonds is 10. The molecule has 6 nitrogen and oxygen atoms in total. The second-order valence-electron chi connectivity index (χ2n) is 7.93. The Morgan fingerprint density at radius 3 is 2.76 bits per heavy atom. The fourth-order valence-electron chi connectivity index (χ4n) is 3.47. The van der Waals surface area contributed by atoms with E-state index in [0.717, 1.165) is 42.6 Å². The minimum atomic E-state index is 0.217. The summed E-state index contributed by atoms with van der Waals surface area (Å²) in [5.41, 5.74) is 3.38. The minimum absolute atomic E-state index is 0.217. The molecule has 1 aromatic heterocycles. The lowest BCUT2D eigenvalue weighted by atomic mass is 9.85. The van der Waals surface area contributed by atoms with E-state index in [9.17, 15) is 4.79 Å².